The zero-order valence-electron chi connectivity index (χ0n) is 10.5. The quantitative estimate of drug-likeness (QED) is 0.855. The summed E-state index contributed by atoms with van der Waals surface area (Å²) in [5.74, 6) is 0. The standard InChI is InChI=1S/C13H22N4/c1-10(8-16-5-4-15-9-16)17-12-2-3-13(17)7-11(14)6-12/h4-5,9-13H,2-3,6-8,14H2,1H3. The van der Waals surface area contributed by atoms with E-state index in [1.807, 2.05) is 18.7 Å². The fraction of sp³-hybridized carbons (Fsp3) is 0.769. The zero-order valence-corrected chi connectivity index (χ0v) is 10.5. The second-order valence-corrected chi connectivity index (χ2v) is 5.67. The molecule has 0 amide bonds. The summed E-state index contributed by atoms with van der Waals surface area (Å²) in [6, 6.07) is 2.47. The maximum Gasteiger partial charge on any atom is 0.0946 e. The lowest BCUT2D eigenvalue weighted by Gasteiger charge is -2.41. The van der Waals surface area contributed by atoms with Crippen LogP contribution in [0.1, 0.15) is 32.6 Å². The van der Waals surface area contributed by atoms with Crippen molar-refractivity contribution < 1.29 is 0 Å². The molecule has 3 heterocycles. The first-order valence-electron chi connectivity index (χ1n) is 6.73. The van der Waals surface area contributed by atoms with Gasteiger partial charge in [0.25, 0.3) is 0 Å². The van der Waals surface area contributed by atoms with E-state index in [4.69, 9.17) is 5.73 Å². The SMILES string of the molecule is CC(Cn1ccnc1)N1C2CCC1CC(N)C2. The lowest BCUT2D eigenvalue weighted by atomic mass is 9.96. The van der Waals surface area contributed by atoms with Gasteiger partial charge in [-0.05, 0) is 32.6 Å². The summed E-state index contributed by atoms with van der Waals surface area (Å²) in [6.45, 7) is 3.38. The second kappa shape index (κ2) is 4.42. The van der Waals surface area contributed by atoms with Gasteiger partial charge in [0.2, 0.25) is 0 Å². The van der Waals surface area contributed by atoms with Gasteiger partial charge in [-0.1, -0.05) is 0 Å². The van der Waals surface area contributed by atoms with Crippen LogP contribution in [-0.4, -0.2) is 38.6 Å². The van der Waals surface area contributed by atoms with Crippen LogP contribution in [0.3, 0.4) is 0 Å². The Kier molecular flexibility index (Phi) is 2.92. The van der Waals surface area contributed by atoms with Crippen LogP contribution in [-0.2, 0) is 6.54 Å². The molecule has 3 rings (SSSR count). The van der Waals surface area contributed by atoms with E-state index >= 15 is 0 Å². The van der Waals surface area contributed by atoms with Crippen molar-refractivity contribution in [3.63, 3.8) is 0 Å². The lowest BCUT2D eigenvalue weighted by molar-refractivity contribution is 0.0770. The molecule has 2 bridgehead atoms. The molecule has 4 nitrogen and oxygen atoms in total. The van der Waals surface area contributed by atoms with Gasteiger partial charge in [0.05, 0.1) is 6.33 Å². The van der Waals surface area contributed by atoms with Gasteiger partial charge in [0, 0.05) is 43.1 Å². The van der Waals surface area contributed by atoms with Gasteiger partial charge in [0.1, 0.15) is 0 Å². The Morgan fingerprint density at radius 3 is 2.65 bits per heavy atom. The highest BCUT2D eigenvalue weighted by atomic mass is 15.3. The molecule has 0 radical (unpaired) electrons. The van der Waals surface area contributed by atoms with Gasteiger partial charge in [-0.3, -0.25) is 4.90 Å². The van der Waals surface area contributed by atoms with Crippen LogP contribution in [0.2, 0.25) is 0 Å². The molecule has 17 heavy (non-hydrogen) atoms. The first-order valence-corrected chi connectivity index (χ1v) is 6.73. The fourth-order valence-corrected chi connectivity index (χ4v) is 3.77. The molecule has 0 spiro atoms. The van der Waals surface area contributed by atoms with E-state index in [1.54, 1.807) is 0 Å². The third kappa shape index (κ3) is 2.11. The fourth-order valence-electron chi connectivity index (χ4n) is 3.77. The number of hydrogen-bond acceptors (Lipinski definition) is 3. The van der Waals surface area contributed by atoms with Gasteiger partial charge in [-0.25, -0.2) is 4.98 Å². The van der Waals surface area contributed by atoms with Crippen molar-refractivity contribution in [3.8, 4) is 0 Å². The summed E-state index contributed by atoms with van der Waals surface area (Å²) < 4.78 is 2.18. The molecule has 3 atom stereocenters. The minimum Gasteiger partial charge on any atom is -0.336 e. The van der Waals surface area contributed by atoms with Crippen molar-refractivity contribution in [2.75, 3.05) is 0 Å². The summed E-state index contributed by atoms with van der Waals surface area (Å²) in [5.41, 5.74) is 6.11. The first kappa shape index (κ1) is 11.2. The molecule has 3 unspecified atom stereocenters. The molecule has 0 aliphatic carbocycles. The molecule has 4 heteroatoms. The topological polar surface area (TPSA) is 47.1 Å². The number of imidazole rings is 1. The third-order valence-electron chi connectivity index (χ3n) is 4.37. The molecule has 0 saturated carbocycles. The summed E-state index contributed by atoms with van der Waals surface area (Å²) in [7, 11) is 0. The van der Waals surface area contributed by atoms with Crippen molar-refractivity contribution in [2.24, 2.45) is 5.73 Å². The highest BCUT2D eigenvalue weighted by Crippen LogP contribution is 2.36. The van der Waals surface area contributed by atoms with Gasteiger partial charge in [-0.2, -0.15) is 0 Å². The molecule has 1 aromatic rings. The highest BCUT2D eigenvalue weighted by Gasteiger charge is 2.41. The van der Waals surface area contributed by atoms with Crippen LogP contribution in [0.25, 0.3) is 0 Å². The van der Waals surface area contributed by atoms with Gasteiger partial charge in [-0.15, -0.1) is 0 Å². The Morgan fingerprint density at radius 1 is 1.35 bits per heavy atom. The van der Waals surface area contributed by atoms with Crippen LogP contribution in [0, 0.1) is 0 Å². The van der Waals surface area contributed by atoms with Crippen LogP contribution < -0.4 is 5.73 Å². The van der Waals surface area contributed by atoms with Gasteiger partial charge >= 0.3 is 0 Å². The minimum atomic E-state index is 0.434. The van der Waals surface area contributed by atoms with Crippen molar-refractivity contribution in [1.29, 1.82) is 0 Å². The molecule has 2 aliphatic heterocycles. The molecular weight excluding hydrogens is 212 g/mol. The molecule has 1 aromatic heterocycles. The lowest BCUT2D eigenvalue weighted by Crippen LogP contribution is -2.52. The minimum absolute atomic E-state index is 0.434. The Bertz CT molecular complexity index is 348. The van der Waals surface area contributed by atoms with E-state index in [2.05, 4.69) is 21.4 Å². The zero-order chi connectivity index (χ0) is 11.8. The number of nitrogens with two attached hydrogens (primary N) is 1. The van der Waals surface area contributed by atoms with E-state index in [0.717, 1.165) is 18.6 Å². The number of aromatic nitrogens is 2. The molecule has 2 aliphatic rings. The highest BCUT2D eigenvalue weighted by molar-refractivity contribution is 4.98. The second-order valence-electron chi connectivity index (χ2n) is 5.67. The summed E-state index contributed by atoms with van der Waals surface area (Å²) in [4.78, 5) is 6.82. The number of rotatable bonds is 3. The molecule has 2 saturated heterocycles. The monoisotopic (exact) mass is 234 g/mol. The maximum atomic E-state index is 6.11. The van der Waals surface area contributed by atoms with Gasteiger partial charge < -0.3 is 10.3 Å². The first-order chi connectivity index (χ1) is 8.24. The molecular formula is C13H22N4. The van der Waals surface area contributed by atoms with Crippen molar-refractivity contribution in [1.82, 2.24) is 14.5 Å². The van der Waals surface area contributed by atoms with Crippen molar-refractivity contribution >= 4 is 0 Å². The van der Waals surface area contributed by atoms with Crippen molar-refractivity contribution in [2.45, 2.75) is 63.3 Å². The normalized spacial score (nSPS) is 35.1. The van der Waals surface area contributed by atoms with E-state index in [0.29, 0.717) is 12.1 Å². The Hall–Kier alpha value is -0.870. The predicted octanol–water partition coefficient (Wildman–Crippen LogP) is 1.23. The smallest absolute Gasteiger partial charge is 0.0946 e. The predicted molar refractivity (Wildman–Crippen MR) is 67.5 cm³/mol. The van der Waals surface area contributed by atoms with Crippen LogP contribution in [0.5, 0.6) is 0 Å². The number of fused-ring (bicyclic) bond motifs is 2. The average Bonchev–Trinajstić information content (AvgIpc) is 2.86. The molecule has 2 N–H and O–H groups in total. The van der Waals surface area contributed by atoms with E-state index < -0.39 is 0 Å². The molecule has 0 aromatic carbocycles. The summed E-state index contributed by atoms with van der Waals surface area (Å²) in [6.07, 6.45) is 10.9. The number of piperidine rings is 1. The maximum absolute atomic E-state index is 6.11. The van der Waals surface area contributed by atoms with Crippen LogP contribution in [0.4, 0.5) is 0 Å². The van der Waals surface area contributed by atoms with E-state index in [9.17, 15) is 0 Å². The van der Waals surface area contributed by atoms with Crippen LogP contribution in [0.15, 0.2) is 18.7 Å². The summed E-state index contributed by atoms with van der Waals surface area (Å²) >= 11 is 0. The molecule has 94 valence electrons. The van der Waals surface area contributed by atoms with Gasteiger partial charge in [0.15, 0.2) is 0 Å². The van der Waals surface area contributed by atoms with E-state index in [1.165, 1.54) is 25.7 Å². The Morgan fingerprint density at radius 2 is 2.06 bits per heavy atom. The number of hydrogen-bond donors (Lipinski definition) is 1. The third-order valence-corrected chi connectivity index (χ3v) is 4.37. The van der Waals surface area contributed by atoms with Crippen LogP contribution >= 0.6 is 0 Å². The van der Waals surface area contributed by atoms with Crippen molar-refractivity contribution in [3.05, 3.63) is 18.7 Å². The average molecular weight is 234 g/mol. The molecule has 2 fully saturated rings. The summed E-state index contributed by atoms with van der Waals surface area (Å²) in [5, 5.41) is 0. The largest absolute Gasteiger partial charge is 0.336 e. The Labute approximate surface area is 103 Å². The Balaban J connectivity index is 1.68. The van der Waals surface area contributed by atoms with E-state index in [-0.39, 0.29) is 0 Å². The number of nitrogens with zero attached hydrogens (tertiary/aromatic N) is 3.